The van der Waals surface area contributed by atoms with E-state index in [1.807, 2.05) is 64.1 Å². The maximum Gasteiger partial charge on any atom is 0.737 e. The van der Waals surface area contributed by atoms with Crippen molar-refractivity contribution < 1.29 is 17.9 Å². The zero-order chi connectivity index (χ0) is 22.0. The van der Waals surface area contributed by atoms with Crippen LogP contribution in [0.5, 0.6) is 0 Å². The van der Waals surface area contributed by atoms with Crippen LogP contribution in [0.4, 0.5) is 14.3 Å². The number of nitrogens with one attached hydrogen (secondary N) is 1. The summed E-state index contributed by atoms with van der Waals surface area (Å²) in [5.74, 6) is -0.180. The fourth-order valence-corrected chi connectivity index (χ4v) is 4.58. The number of halogens is 2. The van der Waals surface area contributed by atoms with Gasteiger partial charge < -0.3 is 22.9 Å². The van der Waals surface area contributed by atoms with Crippen LogP contribution in [-0.4, -0.2) is 27.6 Å². The van der Waals surface area contributed by atoms with E-state index in [9.17, 15) is 4.79 Å². The molecule has 0 saturated heterocycles. The van der Waals surface area contributed by atoms with Crippen LogP contribution < -0.4 is 5.32 Å². The first-order valence-corrected chi connectivity index (χ1v) is 10.2. The quantitative estimate of drug-likeness (QED) is 0.702. The minimum absolute atomic E-state index is 0.0592. The maximum atomic E-state index is 15.6. The van der Waals surface area contributed by atoms with E-state index < -0.39 is 6.97 Å². The van der Waals surface area contributed by atoms with E-state index in [0.717, 1.165) is 22.3 Å². The summed E-state index contributed by atoms with van der Waals surface area (Å²) in [5.41, 5.74) is 6.18. The summed E-state index contributed by atoms with van der Waals surface area (Å²) >= 11 is 0. The predicted molar refractivity (Wildman–Crippen MR) is 118 cm³/mol. The summed E-state index contributed by atoms with van der Waals surface area (Å²) < 4.78 is 33.7. The van der Waals surface area contributed by atoms with Crippen molar-refractivity contribution in [1.82, 2.24) is 4.48 Å². The Kier molecular flexibility index (Phi) is 4.60. The van der Waals surface area contributed by atoms with Gasteiger partial charge in [0.25, 0.3) is 0 Å². The number of allylic oxidation sites excluding steroid dienone is 2. The molecule has 4 rings (SSSR count). The van der Waals surface area contributed by atoms with Crippen molar-refractivity contribution in [3.8, 4) is 0 Å². The number of fused-ring (bicyclic) bond motifs is 2. The van der Waals surface area contributed by atoms with Crippen molar-refractivity contribution in [3.05, 3.63) is 70.2 Å². The lowest BCUT2D eigenvalue weighted by Crippen LogP contribution is -2.51. The monoisotopic (exact) mass is 409 g/mol. The van der Waals surface area contributed by atoms with Gasteiger partial charge in [-0.3, -0.25) is 4.79 Å². The first-order chi connectivity index (χ1) is 14.0. The molecule has 0 aliphatic carbocycles. The van der Waals surface area contributed by atoms with Gasteiger partial charge >= 0.3 is 6.97 Å². The summed E-state index contributed by atoms with van der Waals surface area (Å²) in [4.78, 5) is 12.0. The molecule has 0 unspecified atom stereocenters. The predicted octanol–water partition coefficient (Wildman–Crippen LogP) is 5.13. The van der Waals surface area contributed by atoms with Gasteiger partial charge in [-0.2, -0.15) is 0 Å². The van der Waals surface area contributed by atoms with Crippen molar-refractivity contribution in [3.63, 3.8) is 0 Å². The summed E-state index contributed by atoms with van der Waals surface area (Å²) in [6.45, 7) is 6.90. The zero-order valence-corrected chi connectivity index (χ0v) is 18.2. The smallest absolute Gasteiger partial charge is 0.393 e. The second kappa shape index (κ2) is 6.79. The summed E-state index contributed by atoms with van der Waals surface area (Å²) in [6.07, 6.45) is 1.82. The number of anilines is 1. The molecule has 1 N–H and O–H groups in total. The molecule has 1 amide bonds. The van der Waals surface area contributed by atoms with Crippen LogP contribution in [0.15, 0.2) is 47.7 Å². The molecule has 0 bridgehead atoms. The zero-order valence-electron chi connectivity index (χ0n) is 18.2. The fraction of sp³-hybridized carbons (Fsp3) is 0.304. The van der Waals surface area contributed by atoms with E-state index in [2.05, 4.69) is 5.32 Å². The Morgan fingerprint density at radius 1 is 1.10 bits per heavy atom. The van der Waals surface area contributed by atoms with Gasteiger partial charge in [-0.25, -0.2) is 0 Å². The molecule has 0 fully saturated rings. The number of carbonyl (C=O) groups excluding carboxylic acids is 1. The van der Waals surface area contributed by atoms with Crippen LogP contribution >= 0.6 is 0 Å². The van der Waals surface area contributed by atoms with Crippen molar-refractivity contribution >= 4 is 29.8 Å². The number of rotatable bonds is 3. The third-order valence-electron chi connectivity index (χ3n) is 5.90. The van der Waals surface area contributed by atoms with Crippen LogP contribution in [0, 0.1) is 19.8 Å². The first kappa shape index (κ1) is 20.3. The van der Waals surface area contributed by atoms with E-state index in [1.54, 1.807) is 13.8 Å². The SMILES string of the molecule is CC1=CC(C)=[N+]2C1=C(c1ccc(NC(=O)C(C)C)cc1)c1c(C)cc(C)n1[B-]2(F)F. The Balaban J connectivity index is 1.92. The second-order valence-electron chi connectivity index (χ2n) is 8.56. The molecule has 30 heavy (non-hydrogen) atoms. The highest BCUT2D eigenvalue weighted by Crippen LogP contribution is 2.44. The Hall–Kier alpha value is -2.96. The lowest BCUT2D eigenvalue weighted by atomic mass is 9.84. The highest BCUT2D eigenvalue weighted by Gasteiger charge is 2.55. The van der Waals surface area contributed by atoms with Crippen LogP contribution in [0.1, 0.15) is 50.2 Å². The number of carbonyl (C=O) groups is 1. The van der Waals surface area contributed by atoms with Crippen molar-refractivity contribution in [2.45, 2.75) is 41.5 Å². The molecule has 4 nitrogen and oxygen atoms in total. The van der Waals surface area contributed by atoms with Gasteiger partial charge in [0.05, 0.1) is 5.57 Å². The molecule has 0 radical (unpaired) electrons. The van der Waals surface area contributed by atoms with Crippen molar-refractivity contribution in [2.24, 2.45) is 5.92 Å². The number of amides is 1. The topological polar surface area (TPSA) is 37.0 Å². The third-order valence-corrected chi connectivity index (χ3v) is 5.90. The van der Waals surface area contributed by atoms with Gasteiger partial charge in [-0.05, 0) is 55.8 Å². The highest BCUT2D eigenvalue weighted by molar-refractivity contribution is 6.58. The molecule has 156 valence electrons. The molecule has 0 saturated carbocycles. The molecule has 0 spiro atoms. The number of benzene rings is 1. The first-order valence-electron chi connectivity index (χ1n) is 10.2. The number of aromatic nitrogens is 1. The summed E-state index contributed by atoms with van der Waals surface area (Å²) in [6, 6.07) is 9.25. The Labute approximate surface area is 175 Å². The number of nitrogens with zero attached hydrogens (tertiary/aromatic N) is 2. The van der Waals surface area contributed by atoms with Crippen LogP contribution in [-0.2, 0) is 4.79 Å². The molecule has 0 atom stereocenters. The molecule has 3 heterocycles. The Morgan fingerprint density at radius 2 is 1.73 bits per heavy atom. The molecule has 2 aliphatic rings. The average Bonchev–Trinajstić information content (AvgIpc) is 3.13. The molecule has 1 aromatic heterocycles. The van der Waals surface area contributed by atoms with Crippen LogP contribution in [0.25, 0.3) is 5.57 Å². The van der Waals surface area contributed by atoms with Gasteiger partial charge in [0.1, 0.15) is 5.71 Å². The number of hydrogen-bond acceptors (Lipinski definition) is 1. The largest absolute Gasteiger partial charge is 0.737 e. The fourth-order valence-electron chi connectivity index (χ4n) is 4.58. The van der Waals surface area contributed by atoms with Gasteiger partial charge in [0, 0.05) is 35.9 Å². The minimum Gasteiger partial charge on any atom is -0.393 e. The number of hydrogen-bond donors (Lipinski definition) is 1. The molecular weight excluding hydrogens is 383 g/mol. The van der Waals surface area contributed by atoms with Gasteiger partial charge in [0.2, 0.25) is 5.91 Å². The molecule has 2 aliphatic heterocycles. The number of aryl methyl sites for hydroxylation is 2. The van der Waals surface area contributed by atoms with E-state index >= 15 is 8.63 Å². The average molecular weight is 409 g/mol. The van der Waals surface area contributed by atoms with Gasteiger partial charge in [0.15, 0.2) is 5.70 Å². The molecule has 2 aromatic rings. The summed E-state index contributed by atoms with van der Waals surface area (Å²) in [5, 5.41) is 2.88. The van der Waals surface area contributed by atoms with Crippen molar-refractivity contribution in [1.29, 1.82) is 0 Å². The standard InChI is InChI=1S/C23H26BF2N3O/c1-13(2)23(30)27-19-9-7-18(8-10-19)20-21-14(3)11-16(5)28(21)24(25,26)29-17(6)12-15(4)22(20)29/h7-13H,1-6H3,(H,27,30). The third kappa shape index (κ3) is 2.87. The van der Waals surface area contributed by atoms with Gasteiger partial charge in [-0.1, -0.05) is 26.0 Å². The van der Waals surface area contributed by atoms with Gasteiger partial charge in [-0.15, -0.1) is 0 Å². The van der Waals surface area contributed by atoms with E-state index in [1.165, 1.54) is 8.96 Å². The summed E-state index contributed by atoms with van der Waals surface area (Å²) in [7, 11) is 0. The lowest BCUT2D eigenvalue weighted by Gasteiger charge is -2.34. The van der Waals surface area contributed by atoms with Crippen LogP contribution in [0.3, 0.4) is 0 Å². The molecule has 7 heteroatoms. The Morgan fingerprint density at radius 3 is 2.33 bits per heavy atom. The lowest BCUT2D eigenvalue weighted by molar-refractivity contribution is -0.363. The van der Waals surface area contributed by atoms with E-state index in [-0.39, 0.29) is 11.8 Å². The minimum atomic E-state index is -3.98. The normalized spacial score (nSPS) is 17.3. The second-order valence-corrected chi connectivity index (χ2v) is 8.56. The van der Waals surface area contributed by atoms with Crippen molar-refractivity contribution in [2.75, 3.05) is 5.32 Å². The maximum absolute atomic E-state index is 15.6. The molecular formula is C23H26BF2N3O. The van der Waals surface area contributed by atoms with Crippen LogP contribution in [0.2, 0.25) is 0 Å². The van der Waals surface area contributed by atoms with E-state index in [4.69, 9.17) is 0 Å². The highest BCUT2D eigenvalue weighted by atomic mass is 19.2. The van der Waals surface area contributed by atoms with E-state index in [0.29, 0.717) is 28.5 Å². The Bertz CT molecular complexity index is 1170. The molecule has 1 aromatic carbocycles.